The summed E-state index contributed by atoms with van der Waals surface area (Å²) >= 11 is 0. The molecule has 0 bridgehead atoms. The lowest BCUT2D eigenvalue weighted by atomic mass is 10.0. The van der Waals surface area contributed by atoms with Crippen LogP contribution < -0.4 is 4.74 Å². The van der Waals surface area contributed by atoms with E-state index in [1.807, 2.05) is 44.2 Å². The molecule has 1 aliphatic rings. The molecule has 6 nitrogen and oxygen atoms in total. The molecule has 0 radical (unpaired) electrons. The van der Waals surface area contributed by atoms with Gasteiger partial charge in [-0.1, -0.05) is 29.8 Å². The number of methoxy groups -OCH3 is 2. The van der Waals surface area contributed by atoms with Crippen molar-refractivity contribution in [3.05, 3.63) is 99.5 Å². The molecule has 0 fully saturated rings. The van der Waals surface area contributed by atoms with Crippen LogP contribution in [0.4, 0.5) is 0 Å². The molecule has 0 aliphatic carbocycles. The van der Waals surface area contributed by atoms with Crippen molar-refractivity contribution in [2.75, 3.05) is 14.2 Å². The number of ether oxygens (including phenoxy) is 2. The van der Waals surface area contributed by atoms with Gasteiger partial charge in [-0.2, -0.15) is 0 Å². The summed E-state index contributed by atoms with van der Waals surface area (Å²) in [5.41, 5.74) is 7.30. The number of aryl methyl sites for hydroxylation is 2. The van der Waals surface area contributed by atoms with Crippen LogP contribution in [-0.2, 0) is 20.9 Å². The maximum atomic E-state index is 13.6. The number of aromatic nitrogens is 1. The van der Waals surface area contributed by atoms with Gasteiger partial charge in [0.15, 0.2) is 0 Å². The molecule has 0 spiro atoms. The molecule has 2 heterocycles. The highest BCUT2D eigenvalue weighted by atomic mass is 16.5. The largest absolute Gasteiger partial charge is 0.497 e. The summed E-state index contributed by atoms with van der Waals surface area (Å²) in [6.45, 7) is 8.23. The van der Waals surface area contributed by atoms with Gasteiger partial charge in [-0.15, -0.1) is 0 Å². The Labute approximate surface area is 206 Å². The number of rotatable bonds is 6. The lowest BCUT2D eigenvalue weighted by Gasteiger charge is -2.18. The summed E-state index contributed by atoms with van der Waals surface area (Å²) in [5.74, 6) is -0.000869. The first-order valence-corrected chi connectivity index (χ1v) is 11.5. The average molecular weight is 471 g/mol. The van der Waals surface area contributed by atoms with Crippen molar-refractivity contribution in [3.8, 4) is 11.4 Å². The van der Waals surface area contributed by atoms with Crippen LogP contribution in [0.5, 0.6) is 5.75 Å². The average Bonchev–Trinajstić information content (AvgIpc) is 3.26. The molecule has 35 heavy (non-hydrogen) atoms. The first-order valence-electron chi connectivity index (χ1n) is 11.5. The lowest BCUT2D eigenvalue weighted by molar-refractivity contribution is -0.136. The summed E-state index contributed by atoms with van der Waals surface area (Å²) in [6, 6.07) is 17.9. The fourth-order valence-electron chi connectivity index (χ4n) is 4.51. The van der Waals surface area contributed by atoms with Crippen LogP contribution in [0.1, 0.15) is 35.0 Å². The van der Waals surface area contributed by atoms with Crippen molar-refractivity contribution in [3.63, 3.8) is 0 Å². The van der Waals surface area contributed by atoms with E-state index in [1.54, 1.807) is 25.0 Å². The van der Waals surface area contributed by atoms with Crippen LogP contribution in [0, 0.1) is 20.8 Å². The van der Waals surface area contributed by atoms with E-state index in [0.717, 1.165) is 34.0 Å². The monoisotopic (exact) mass is 470 g/mol. The van der Waals surface area contributed by atoms with E-state index in [-0.39, 0.29) is 5.91 Å². The summed E-state index contributed by atoms with van der Waals surface area (Å²) in [5, 5.41) is 0. The number of esters is 1. The Morgan fingerprint density at radius 3 is 2.20 bits per heavy atom. The second-order valence-electron chi connectivity index (χ2n) is 8.75. The van der Waals surface area contributed by atoms with Gasteiger partial charge in [-0.3, -0.25) is 4.79 Å². The molecule has 0 saturated heterocycles. The molecule has 0 unspecified atom stereocenters. The van der Waals surface area contributed by atoms with E-state index >= 15 is 0 Å². The van der Waals surface area contributed by atoms with Crippen molar-refractivity contribution in [2.45, 2.75) is 34.2 Å². The van der Waals surface area contributed by atoms with Crippen molar-refractivity contribution in [1.29, 1.82) is 0 Å². The quantitative estimate of drug-likeness (QED) is 0.363. The molecule has 6 heteroatoms. The Bertz CT molecular complexity index is 1340. The summed E-state index contributed by atoms with van der Waals surface area (Å²) < 4.78 is 12.4. The second kappa shape index (κ2) is 9.66. The van der Waals surface area contributed by atoms with E-state index in [9.17, 15) is 9.59 Å². The predicted octanol–water partition coefficient (Wildman–Crippen LogP) is 5.28. The maximum Gasteiger partial charge on any atom is 0.340 e. The van der Waals surface area contributed by atoms with Gasteiger partial charge in [-0.25, -0.2) is 4.79 Å². The van der Waals surface area contributed by atoms with E-state index in [1.165, 1.54) is 12.7 Å². The smallest absolute Gasteiger partial charge is 0.340 e. The molecule has 1 aliphatic heterocycles. The third kappa shape index (κ3) is 4.52. The summed E-state index contributed by atoms with van der Waals surface area (Å²) in [7, 11) is 2.95. The minimum Gasteiger partial charge on any atom is -0.497 e. The van der Waals surface area contributed by atoms with Gasteiger partial charge >= 0.3 is 5.97 Å². The van der Waals surface area contributed by atoms with Gasteiger partial charge in [0.25, 0.3) is 5.91 Å². The van der Waals surface area contributed by atoms with Crippen LogP contribution >= 0.6 is 0 Å². The van der Waals surface area contributed by atoms with Crippen molar-refractivity contribution >= 4 is 18.0 Å². The van der Waals surface area contributed by atoms with Crippen LogP contribution in [0.3, 0.4) is 0 Å². The minimum atomic E-state index is -0.522. The number of carbonyl (C=O) groups is 2. The van der Waals surface area contributed by atoms with Gasteiger partial charge in [0.05, 0.1) is 31.9 Å². The predicted molar refractivity (Wildman–Crippen MR) is 136 cm³/mol. The third-order valence-corrected chi connectivity index (χ3v) is 6.46. The zero-order chi connectivity index (χ0) is 25.3. The molecular weight excluding hydrogens is 440 g/mol. The van der Waals surface area contributed by atoms with Crippen molar-refractivity contribution < 1.29 is 19.1 Å². The lowest BCUT2D eigenvalue weighted by Crippen LogP contribution is -2.24. The molecule has 0 saturated carbocycles. The Morgan fingerprint density at radius 1 is 0.943 bits per heavy atom. The van der Waals surface area contributed by atoms with Crippen LogP contribution in [0.15, 0.2) is 71.4 Å². The highest BCUT2D eigenvalue weighted by Crippen LogP contribution is 2.34. The number of nitrogens with zero attached hydrogens (tertiary/aromatic N) is 2. The zero-order valence-corrected chi connectivity index (χ0v) is 21.0. The maximum absolute atomic E-state index is 13.6. The first kappa shape index (κ1) is 24.1. The number of allylic oxidation sites excluding steroid dienone is 1. The second-order valence-corrected chi connectivity index (χ2v) is 8.75. The van der Waals surface area contributed by atoms with Crippen molar-refractivity contribution in [1.82, 2.24) is 9.47 Å². The Morgan fingerprint density at radius 2 is 1.60 bits per heavy atom. The molecule has 1 amide bonds. The number of carbonyl (C=O) groups excluding carboxylic acids is 2. The third-order valence-electron chi connectivity index (χ3n) is 6.46. The standard InChI is InChI=1S/C29H30N2O4/c1-18-7-11-24(12-8-18)31-19(2)15-23(20(31)3)16-26-27(29(33)35-6)21(4)30(28(26)32)17-22-9-13-25(34-5)14-10-22/h7-16H,17H2,1-6H3/b26-16-. The number of benzene rings is 2. The van der Waals surface area contributed by atoms with Gasteiger partial charge in [0.1, 0.15) is 5.75 Å². The number of hydrogen-bond acceptors (Lipinski definition) is 4. The highest BCUT2D eigenvalue weighted by Gasteiger charge is 2.37. The van der Waals surface area contributed by atoms with Crippen molar-refractivity contribution in [2.24, 2.45) is 0 Å². The fourth-order valence-corrected chi connectivity index (χ4v) is 4.51. The van der Waals surface area contributed by atoms with E-state index < -0.39 is 5.97 Å². The van der Waals surface area contributed by atoms with Gasteiger partial charge in [0.2, 0.25) is 0 Å². The van der Waals surface area contributed by atoms with Gasteiger partial charge in [0, 0.05) is 22.8 Å². The summed E-state index contributed by atoms with van der Waals surface area (Å²) in [4.78, 5) is 27.9. The molecule has 180 valence electrons. The molecule has 0 atom stereocenters. The van der Waals surface area contributed by atoms with Crippen LogP contribution in [-0.4, -0.2) is 35.6 Å². The van der Waals surface area contributed by atoms with E-state index in [2.05, 4.69) is 35.8 Å². The fraction of sp³-hybridized carbons (Fsp3) is 0.241. The molecule has 0 N–H and O–H groups in total. The topological polar surface area (TPSA) is 60.8 Å². The zero-order valence-electron chi connectivity index (χ0n) is 21.0. The van der Waals surface area contributed by atoms with E-state index in [0.29, 0.717) is 23.4 Å². The Balaban J connectivity index is 1.75. The Kier molecular flexibility index (Phi) is 6.65. The first-order chi connectivity index (χ1) is 16.7. The minimum absolute atomic E-state index is 0.223. The summed E-state index contributed by atoms with van der Waals surface area (Å²) in [6.07, 6.45) is 1.80. The molecule has 2 aromatic carbocycles. The van der Waals surface area contributed by atoms with E-state index in [4.69, 9.17) is 9.47 Å². The number of hydrogen-bond donors (Lipinski definition) is 0. The van der Waals surface area contributed by atoms with Gasteiger partial charge in [-0.05, 0) is 75.2 Å². The normalized spacial score (nSPS) is 14.7. The molecule has 4 rings (SSSR count). The molecular formula is C29H30N2O4. The van der Waals surface area contributed by atoms with Crippen LogP contribution in [0.2, 0.25) is 0 Å². The van der Waals surface area contributed by atoms with Crippen LogP contribution in [0.25, 0.3) is 11.8 Å². The Hall–Kier alpha value is -4.06. The van der Waals surface area contributed by atoms with Gasteiger partial charge < -0.3 is 18.9 Å². The highest BCUT2D eigenvalue weighted by molar-refractivity contribution is 6.16. The SMILES string of the molecule is COC(=O)C1=C(C)N(Cc2ccc(OC)cc2)C(=O)/C1=C\c1cc(C)n(-c2ccc(C)cc2)c1C. The molecule has 3 aromatic rings. The number of amides is 1. The molecule has 1 aromatic heterocycles.